The zero-order chi connectivity index (χ0) is 17.6. The number of furan rings is 1. The Labute approximate surface area is 150 Å². The van der Waals surface area contributed by atoms with Crippen molar-refractivity contribution in [2.45, 2.75) is 18.9 Å². The van der Waals surface area contributed by atoms with Gasteiger partial charge in [-0.1, -0.05) is 0 Å². The van der Waals surface area contributed by atoms with Crippen LogP contribution in [0.3, 0.4) is 0 Å². The van der Waals surface area contributed by atoms with E-state index >= 15 is 0 Å². The number of hydrogen-bond donors (Lipinski definition) is 0. The van der Waals surface area contributed by atoms with E-state index in [1.807, 2.05) is 46.7 Å². The molecule has 132 valence electrons. The van der Waals surface area contributed by atoms with Crippen molar-refractivity contribution in [1.29, 1.82) is 0 Å². The number of hydrogen-bond acceptors (Lipinski definition) is 5. The molecule has 4 rings (SSSR count). The molecule has 1 atom stereocenters. The number of piperazine rings is 1. The molecule has 2 fully saturated rings. The van der Waals surface area contributed by atoms with Crippen molar-refractivity contribution in [3.05, 3.63) is 40.5 Å². The van der Waals surface area contributed by atoms with E-state index in [-0.39, 0.29) is 17.4 Å². The number of anilines is 1. The molecule has 0 saturated carbocycles. The summed E-state index contributed by atoms with van der Waals surface area (Å²) in [5.74, 6) is 1.16. The molecule has 2 aliphatic heterocycles. The summed E-state index contributed by atoms with van der Waals surface area (Å²) < 4.78 is 5.49. The molecule has 6 nitrogen and oxygen atoms in total. The number of amides is 2. The number of carbonyl (C=O) groups excluding carboxylic acids is 2. The minimum absolute atomic E-state index is 0.0719. The molecule has 0 radical (unpaired) electrons. The van der Waals surface area contributed by atoms with E-state index in [1.54, 1.807) is 17.4 Å². The predicted octanol–water partition coefficient (Wildman–Crippen LogP) is 2.21. The maximum Gasteiger partial charge on any atom is 0.289 e. The number of nitrogens with zero attached hydrogens (tertiary/aromatic N) is 3. The van der Waals surface area contributed by atoms with Crippen LogP contribution in [0.5, 0.6) is 0 Å². The molecular weight excluding hydrogens is 338 g/mol. The van der Waals surface area contributed by atoms with Gasteiger partial charge in [0.05, 0.1) is 17.8 Å². The van der Waals surface area contributed by atoms with Crippen LogP contribution < -0.4 is 4.90 Å². The van der Waals surface area contributed by atoms with E-state index in [9.17, 15) is 9.59 Å². The van der Waals surface area contributed by atoms with Crippen molar-refractivity contribution in [3.63, 3.8) is 0 Å². The fraction of sp³-hybridized carbons (Fsp3) is 0.444. The monoisotopic (exact) mass is 359 g/mol. The lowest BCUT2D eigenvalue weighted by Gasteiger charge is -2.46. The van der Waals surface area contributed by atoms with Crippen LogP contribution in [0.2, 0.25) is 0 Å². The molecule has 7 heteroatoms. The summed E-state index contributed by atoms with van der Waals surface area (Å²) in [4.78, 5) is 31.0. The van der Waals surface area contributed by atoms with Gasteiger partial charge >= 0.3 is 0 Å². The van der Waals surface area contributed by atoms with Crippen molar-refractivity contribution in [2.75, 3.05) is 38.1 Å². The predicted molar refractivity (Wildman–Crippen MR) is 96.0 cm³/mol. The summed E-state index contributed by atoms with van der Waals surface area (Å²) in [6.07, 6.45) is 0.850. The van der Waals surface area contributed by atoms with E-state index in [4.69, 9.17) is 4.42 Å². The Morgan fingerprint density at radius 2 is 2.12 bits per heavy atom. The first-order valence-corrected chi connectivity index (χ1v) is 9.32. The molecule has 2 aromatic rings. The van der Waals surface area contributed by atoms with Crippen molar-refractivity contribution in [1.82, 2.24) is 9.80 Å². The lowest BCUT2D eigenvalue weighted by molar-refractivity contribution is -0.123. The quantitative estimate of drug-likeness (QED) is 0.825. The molecule has 0 bridgehead atoms. The maximum atomic E-state index is 12.7. The number of likely N-dealkylation sites (N-methyl/N-ethyl adjacent to an activating group) is 1. The first kappa shape index (κ1) is 16.4. The van der Waals surface area contributed by atoms with Crippen LogP contribution in [-0.2, 0) is 4.79 Å². The van der Waals surface area contributed by atoms with Crippen molar-refractivity contribution < 1.29 is 14.0 Å². The highest BCUT2D eigenvalue weighted by molar-refractivity contribution is 7.08. The van der Waals surface area contributed by atoms with Crippen LogP contribution in [0.15, 0.2) is 33.4 Å². The molecule has 1 unspecified atom stereocenters. The highest BCUT2D eigenvalue weighted by atomic mass is 32.1. The molecule has 4 heterocycles. The standard InChI is InChI=1S/C18H21N3O3S/c1-13-3-4-15(24-13)17(23)20-7-6-18(11-20)12-21(14-5-8-25-10-14)16(22)9-19(18)2/h3-5,8,10H,6-7,9,11-12H2,1-2H3. The van der Waals surface area contributed by atoms with Gasteiger partial charge in [0.2, 0.25) is 5.91 Å². The highest BCUT2D eigenvalue weighted by Crippen LogP contribution is 2.34. The van der Waals surface area contributed by atoms with Crippen LogP contribution in [0.4, 0.5) is 5.69 Å². The minimum Gasteiger partial charge on any atom is -0.456 e. The molecule has 2 amide bonds. The third kappa shape index (κ3) is 2.77. The van der Waals surface area contributed by atoms with Gasteiger partial charge in [0.15, 0.2) is 5.76 Å². The second-order valence-corrected chi connectivity index (χ2v) is 7.71. The maximum absolute atomic E-state index is 12.7. The fourth-order valence-corrected chi connectivity index (χ4v) is 4.42. The Kier molecular flexibility index (Phi) is 3.92. The van der Waals surface area contributed by atoms with E-state index < -0.39 is 0 Å². The van der Waals surface area contributed by atoms with E-state index in [0.717, 1.165) is 17.9 Å². The van der Waals surface area contributed by atoms with Crippen LogP contribution in [0, 0.1) is 6.92 Å². The van der Waals surface area contributed by atoms with Crippen molar-refractivity contribution in [2.24, 2.45) is 0 Å². The Hall–Kier alpha value is -2.12. The molecular formula is C18H21N3O3S. The number of likely N-dealkylation sites (tertiary alicyclic amines) is 1. The molecule has 2 saturated heterocycles. The second kappa shape index (κ2) is 6.00. The average molecular weight is 359 g/mol. The van der Waals surface area contributed by atoms with Gasteiger partial charge in [-0.15, -0.1) is 0 Å². The van der Waals surface area contributed by atoms with Crippen LogP contribution in [0.1, 0.15) is 22.7 Å². The van der Waals surface area contributed by atoms with Gasteiger partial charge in [0.1, 0.15) is 5.76 Å². The zero-order valence-corrected chi connectivity index (χ0v) is 15.2. The lowest BCUT2D eigenvalue weighted by atomic mass is 9.93. The number of thiophene rings is 1. The van der Waals surface area contributed by atoms with E-state index in [0.29, 0.717) is 31.9 Å². The summed E-state index contributed by atoms with van der Waals surface area (Å²) in [5.41, 5.74) is 0.751. The van der Waals surface area contributed by atoms with Gasteiger partial charge in [-0.05, 0) is 44.0 Å². The van der Waals surface area contributed by atoms with E-state index in [2.05, 4.69) is 4.90 Å². The summed E-state index contributed by atoms with van der Waals surface area (Å²) in [5, 5.41) is 3.98. The summed E-state index contributed by atoms with van der Waals surface area (Å²) in [6.45, 7) is 4.10. The number of aryl methyl sites for hydroxylation is 1. The molecule has 0 aliphatic carbocycles. The van der Waals surface area contributed by atoms with Crippen molar-refractivity contribution in [3.8, 4) is 0 Å². The molecule has 0 N–H and O–H groups in total. The molecule has 2 aliphatic rings. The number of carbonyl (C=O) groups is 2. The highest BCUT2D eigenvalue weighted by Gasteiger charge is 2.49. The Morgan fingerprint density at radius 1 is 1.28 bits per heavy atom. The van der Waals surface area contributed by atoms with Gasteiger partial charge < -0.3 is 14.2 Å². The fourth-order valence-electron chi connectivity index (χ4n) is 3.78. The van der Waals surface area contributed by atoms with Crippen LogP contribution in [0.25, 0.3) is 0 Å². The summed E-state index contributed by atoms with van der Waals surface area (Å²) >= 11 is 1.59. The lowest BCUT2D eigenvalue weighted by Crippen LogP contribution is -2.64. The summed E-state index contributed by atoms with van der Waals surface area (Å²) in [7, 11) is 1.98. The van der Waals surface area contributed by atoms with Gasteiger partial charge in [-0.25, -0.2) is 0 Å². The Bertz CT molecular complexity index is 800. The first-order valence-electron chi connectivity index (χ1n) is 8.38. The first-order chi connectivity index (χ1) is 12.0. The molecule has 1 spiro atoms. The van der Waals surface area contributed by atoms with Crippen LogP contribution >= 0.6 is 11.3 Å². The average Bonchev–Trinajstić information content (AvgIpc) is 3.32. The largest absolute Gasteiger partial charge is 0.456 e. The normalized spacial score (nSPS) is 24.5. The topological polar surface area (TPSA) is 57.0 Å². The SMILES string of the molecule is Cc1ccc(C(=O)N2CCC3(C2)CN(c2ccsc2)C(=O)CN3C)o1. The summed E-state index contributed by atoms with van der Waals surface area (Å²) in [6, 6.07) is 5.52. The van der Waals surface area contributed by atoms with Gasteiger partial charge in [-0.2, -0.15) is 11.3 Å². The Morgan fingerprint density at radius 3 is 2.80 bits per heavy atom. The van der Waals surface area contributed by atoms with Crippen molar-refractivity contribution >= 4 is 28.8 Å². The third-order valence-corrected chi connectivity index (χ3v) is 5.99. The Balaban J connectivity index is 1.55. The smallest absolute Gasteiger partial charge is 0.289 e. The molecule has 0 aromatic carbocycles. The zero-order valence-electron chi connectivity index (χ0n) is 14.4. The van der Waals surface area contributed by atoms with Gasteiger partial charge in [0.25, 0.3) is 5.91 Å². The minimum atomic E-state index is -0.201. The van der Waals surface area contributed by atoms with Gasteiger partial charge in [-0.3, -0.25) is 14.5 Å². The van der Waals surface area contributed by atoms with E-state index in [1.165, 1.54) is 0 Å². The third-order valence-electron chi connectivity index (χ3n) is 5.32. The molecule has 2 aromatic heterocycles. The number of rotatable bonds is 2. The molecule has 25 heavy (non-hydrogen) atoms. The van der Waals surface area contributed by atoms with Crippen LogP contribution in [-0.4, -0.2) is 60.4 Å². The van der Waals surface area contributed by atoms with Gasteiger partial charge in [0, 0.05) is 25.0 Å². The second-order valence-electron chi connectivity index (χ2n) is 6.93.